The molecule has 0 aliphatic carbocycles. The predicted octanol–water partition coefficient (Wildman–Crippen LogP) is 0.245. The van der Waals surface area contributed by atoms with Gasteiger partial charge in [-0.15, -0.1) is 0 Å². The number of hydrogen-bond donors (Lipinski definition) is 2. The predicted molar refractivity (Wildman–Crippen MR) is 65.2 cm³/mol. The third-order valence-corrected chi connectivity index (χ3v) is 2.77. The van der Waals surface area contributed by atoms with E-state index < -0.39 is 5.82 Å². The standard InChI is InChI=1S/C11H17FN4O2/c1-2-13-11-14-5-9(12)10(15-11)16-3-4-18-7-8(16)6-17/h5,8,17H,2-4,6-7H2,1H3,(H,13,14,15). The molecule has 6 nitrogen and oxygen atoms in total. The Morgan fingerprint density at radius 1 is 1.67 bits per heavy atom. The zero-order valence-corrected chi connectivity index (χ0v) is 10.3. The maximum Gasteiger partial charge on any atom is 0.224 e. The van der Waals surface area contributed by atoms with Crippen LogP contribution in [-0.2, 0) is 4.74 Å². The molecule has 0 amide bonds. The van der Waals surface area contributed by atoms with Crippen LogP contribution in [0, 0.1) is 5.82 Å². The lowest BCUT2D eigenvalue weighted by Gasteiger charge is -2.35. The first kappa shape index (κ1) is 13.0. The Balaban J connectivity index is 2.26. The highest BCUT2D eigenvalue weighted by atomic mass is 19.1. The molecule has 1 aliphatic rings. The van der Waals surface area contributed by atoms with E-state index in [1.807, 2.05) is 6.92 Å². The highest BCUT2D eigenvalue weighted by Gasteiger charge is 2.26. The first-order valence-electron chi connectivity index (χ1n) is 5.98. The molecule has 2 rings (SSSR count). The third kappa shape index (κ3) is 2.68. The molecule has 0 aromatic carbocycles. The quantitative estimate of drug-likeness (QED) is 0.804. The monoisotopic (exact) mass is 256 g/mol. The number of hydrogen-bond acceptors (Lipinski definition) is 6. The van der Waals surface area contributed by atoms with Gasteiger partial charge in [0.2, 0.25) is 5.95 Å². The number of morpholine rings is 1. The van der Waals surface area contributed by atoms with Gasteiger partial charge in [-0.1, -0.05) is 0 Å². The van der Waals surface area contributed by atoms with Gasteiger partial charge >= 0.3 is 0 Å². The molecule has 18 heavy (non-hydrogen) atoms. The summed E-state index contributed by atoms with van der Waals surface area (Å²) in [5.41, 5.74) is 0. The lowest BCUT2D eigenvalue weighted by molar-refractivity contribution is 0.0719. The number of halogens is 1. The summed E-state index contributed by atoms with van der Waals surface area (Å²) >= 11 is 0. The van der Waals surface area contributed by atoms with E-state index in [0.717, 1.165) is 6.20 Å². The van der Waals surface area contributed by atoms with Gasteiger partial charge in [-0.05, 0) is 6.92 Å². The van der Waals surface area contributed by atoms with Crippen molar-refractivity contribution < 1.29 is 14.2 Å². The van der Waals surface area contributed by atoms with Crippen LogP contribution >= 0.6 is 0 Å². The largest absolute Gasteiger partial charge is 0.394 e. The fourth-order valence-corrected chi connectivity index (χ4v) is 1.89. The van der Waals surface area contributed by atoms with Crippen LogP contribution in [0.25, 0.3) is 0 Å². The van der Waals surface area contributed by atoms with Gasteiger partial charge in [0.1, 0.15) is 0 Å². The van der Waals surface area contributed by atoms with Crippen LogP contribution in [0.2, 0.25) is 0 Å². The van der Waals surface area contributed by atoms with Crippen LogP contribution < -0.4 is 10.2 Å². The van der Waals surface area contributed by atoms with E-state index in [4.69, 9.17) is 4.74 Å². The molecular weight excluding hydrogens is 239 g/mol. The van der Waals surface area contributed by atoms with Gasteiger partial charge in [0.15, 0.2) is 11.6 Å². The smallest absolute Gasteiger partial charge is 0.224 e. The molecule has 1 unspecified atom stereocenters. The Labute approximate surface area is 105 Å². The minimum absolute atomic E-state index is 0.0972. The lowest BCUT2D eigenvalue weighted by Crippen LogP contribution is -2.48. The minimum Gasteiger partial charge on any atom is -0.394 e. The molecule has 0 radical (unpaired) electrons. The number of ether oxygens (including phenoxy) is 1. The summed E-state index contributed by atoms with van der Waals surface area (Å²) in [5, 5.41) is 12.2. The molecular formula is C11H17FN4O2. The summed E-state index contributed by atoms with van der Waals surface area (Å²) < 4.78 is 19.0. The van der Waals surface area contributed by atoms with E-state index in [1.165, 1.54) is 0 Å². The summed E-state index contributed by atoms with van der Waals surface area (Å²) in [6, 6.07) is -0.266. The van der Waals surface area contributed by atoms with Gasteiger partial charge in [0.25, 0.3) is 0 Å². The Hall–Kier alpha value is -1.47. The third-order valence-electron chi connectivity index (χ3n) is 2.77. The van der Waals surface area contributed by atoms with Crippen molar-refractivity contribution in [3.05, 3.63) is 12.0 Å². The lowest BCUT2D eigenvalue weighted by atomic mass is 10.2. The molecule has 1 aromatic heterocycles. The molecule has 1 saturated heterocycles. The molecule has 0 bridgehead atoms. The molecule has 1 atom stereocenters. The van der Waals surface area contributed by atoms with Gasteiger partial charge < -0.3 is 20.1 Å². The number of nitrogens with one attached hydrogen (secondary N) is 1. The van der Waals surface area contributed by atoms with Crippen molar-refractivity contribution in [2.45, 2.75) is 13.0 Å². The molecule has 2 N–H and O–H groups in total. The van der Waals surface area contributed by atoms with Crippen molar-refractivity contribution in [1.82, 2.24) is 9.97 Å². The van der Waals surface area contributed by atoms with Crippen LogP contribution in [0.4, 0.5) is 16.2 Å². The highest BCUT2D eigenvalue weighted by Crippen LogP contribution is 2.21. The van der Waals surface area contributed by atoms with E-state index in [-0.39, 0.29) is 18.5 Å². The van der Waals surface area contributed by atoms with Gasteiger partial charge in [-0.3, -0.25) is 0 Å². The van der Waals surface area contributed by atoms with Crippen molar-refractivity contribution in [2.24, 2.45) is 0 Å². The molecule has 0 saturated carbocycles. The van der Waals surface area contributed by atoms with Crippen LogP contribution in [0.15, 0.2) is 6.20 Å². The number of aliphatic hydroxyl groups is 1. The van der Waals surface area contributed by atoms with E-state index in [9.17, 15) is 9.50 Å². The molecule has 1 aromatic rings. The first-order valence-corrected chi connectivity index (χ1v) is 5.98. The van der Waals surface area contributed by atoms with E-state index in [0.29, 0.717) is 32.3 Å². The van der Waals surface area contributed by atoms with Crippen molar-refractivity contribution >= 4 is 11.8 Å². The van der Waals surface area contributed by atoms with Crippen molar-refractivity contribution in [3.8, 4) is 0 Å². The van der Waals surface area contributed by atoms with Crippen molar-refractivity contribution in [1.29, 1.82) is 0 Å². The average molecular weight is 256 g/mol. The van der Waals surface area contributed by atoms with Crippen LogP contribution in [-0.4, -0.2) is 54.0 Å². The number of aromatic nitrogens is 2. The van der Waals surface area contributed by atoms with Crippen molar-refractivity contribution in [2.75, 3.05) is 43.1 Å². The van der Waals surface area contributed by atoms with Crippen LogP contribution in [0.3, 0.4) is 0 Å². The summed E-state index contributed by atoms with van der Waals surface area (Å²) in [4.78, 5) is 9.73. The number of rotatable bonds is 4. The Morgan fingerprint density at radius 3 is 3.22 bits per heavy atom. The normalized spacial score (nSPS) is 19.9. The molecule has 2 heterocycles. The molecule has 1 aliphatic heterocycles. The summed E-state index contributed by atoms with van der Waals surface area (Å²) in [6.45, 7) is 3.85. The maximum absolute atomic E-state index is 13.8. The molecule has 0 spiro atoms. The summed E-state index contributed by atoms with van der Waals surface area (Å²) in [7, 11) is 0. The van der Waals surface area contributed by atoms with Gasteiger partial charge in [-0.25, -0.2) is 9.37 Å². The molecule has 1 fully saturated rings. The average Bonchev–Trinajstić information content (AvgIpc) is 2.41. The second kappa shape index (κ2) is 5.92. The molecule has 100 valence electrons. The summed E-state index contributed by atoms with van der Waals surface area (Å²) in [6.07, 6.45) is 1.14. The van der Waals surface area contributed by atoms with Gasteiger partial charge in [0.05, 0.1) is 32.1 Å². The van der Waals surface area contributed by atoms with E-state index in [2.05, 4.69) is 15.3 Å². The van der Waals surface area contributed by atoms with Crippen LogP contribution in [0.1, 0.15) is 6.92 Å². The Morgan fingerprint density at radius 2 is 2.50 bits per heavy atom. The Bertz CT molecular complexity index is 405. The SMILES string of the molecule is CCNc1ncc(F)c(N2CCOCC2CO)n1. The van der Waals surface area contributed by atoms with Gasteiger partial charge in [0, 0.05) is 13.1 Å². The molecule has 7 heteroatoms. The van der Waals surface area contributed by atoms with E-state index in [1.54, 1.807) is 4.90 Å². The topological polar surface area (TPSA) is 70.5 Å². The second-order valence-electron chi connectivity index (χ2n) is 4.00. The number of anilines is 2. The first-order chi connectivity index (χ1) is 8.76. The second-order valence-corrected chi connectivity index (χ2v) is 4.00. The fraction of sp³-hybridized carbons (Fsp3) is 0.636. The fourth-order valence-electron chi connectivity index (χ4n) is 1.89. The minimum atomic E-state index is -0.489. The number of nitrogens with zero attached hydrogens (tertiary/aromatic N) is 3. The zero-order valence-electron chi connectivity index (χ0n) is 10.3. The highest BCUT2D eigenvalue weighted by molar-refractivity contribution is 5.45. The zero-order chi connectivity index (χ0) is 13.0. The number of aliphatic hydroxyl groups excluding tert-OH is 1. The van der Waals surface area contributed by atoms with Crippen molar-refractivity contribution in [3.63, 3.8) is 0 Å². The van der Waals surface area contributed by atoms with Crippen LogP contribution in [0.5, 0.6) is 0 Å². The summed E-state index contributed by atoms with van der Waals surface area (Å²) in [5.74, 6) is 0.109. The Kier molecular flexibility index (Phi) is 4.27. The van der Waals surface area contributed by atoms with E-state index >= 15 is 0 Å². The van der Waals surface area contributed by atoms with Gasteiger partial charge in [-0.2, -0.15) is 4.98 Å². The maximum atomic E-state index is 13.8.